The zero-order valence-corrected chi connectivity index (χ0v) is 6.96. The maximum atomic E-state index is 11.8. The highest BCUT2D eigenvalue weighted by atomic mass is 19.3. The van der Waals surface area contributed by atoms with Gasteiger partial charge in [-0.3, -0.25) is 0 Å². The molecule has 1 aromatic carbocycles. The van der Waals surface area contributed by atoms with Crippen molar-refractivity contribution < 1.29 is 18.3 Å². The van der Waals surface area contributed by atoms with Gasteiger partial charge in [-0.1, -0.05) is 6.07 Å². The van der Waals surface area contributed by atoms with Crippen LogP contribution in [0.25, 0.3) is 0 Å². The number of nitrogens with two attached hydrogens (primary N) is 1. The van der Waals surface area contributed by atoms with Gasteiger partial charge < -0.3 is 15.2 Å². The van der Waals surface area contributed by atoms with Crippen LogP contribution in [0, 0.1) is 0 Å². The quantitative estimate of drug-likeness (QED) is 0.738. The van der Waals surface area contributed by atoms with E-state index in [9.17, 15) is 8.78 Å². The number of benzene rings is 1. The van der Waals surface area contributed by atoms with E-state index < -0.39 is 6.61 Å². The number of nitrogen functional groups attached to an aromatic ring is 1. The molecule has 2 N–H and O–H groups in total. The van der Waals surface area contributed by atoms with Crippen LogP contribution in [-0.2, 0) is 0 Å². The maximum Gasteiger partial charge on any atom is 0.387 e. The van der Waals surface area contributed by atoms with Gasteiger partial charge in [0.2, 0.25) is 0 Å². The van der Waals surface area contributed by atoms with Crippen molar-refractivity contribution >= 4 is 5.69 Å². The van der Waals surface area contributed by atoms with E-state index in [1.165, 1.54) is 25.3 Å². The van der Waals surface area contributed by atoms with Crippen LogP contribution >= 0.6 is 0 Å². The van der Waals surface area contributed by atoms with E-state index >= 15 is 0 Å². The van der Waals surface area contributed by atoms with Gasteiger partial charge in [0.05, 0.1) is 12.8 Å². The van der Waals surface area contributed by atoms with Gasteiger partial charge in [0.15, 0.2) is 11.5 Å². The first kappa shape index (κ1) is 9.57. The summed E-state index contributed by atoms with van der Waals surface area (Å²) < 4.78 is 32.7. The Bertz CT molecular complexity index is 291. The van der Waals surface area contributed by atoms with E-state index in [4.69, 9.17) is 10.5 Å². The molecule has 0 aromatic heterocycles. The lowest BCUT2D eigenvalue weighted by Gasteiger charge is -2.10. The highest BCUT2D eigenvalue weighted by Crippen LogP contribution is 2.33. The standard InChI is InChI=1S/C8H9F2NO2/c1-12-7-5(11)3-2-4-6(7)13-8(9)10/h2-4,8H,11H2,1H3. The number of ether oxygens (including phenoxy) is 2. The molecular weight excluding hydrogens is 180 g/mol. The number of rotatable bonds is 3. The molecule has 3 nitrogen and oxygen atoms in total. The molecule has 0 aliphatic carbocycles. The lowest BCUT2D eigenvalue weighted by molar-refractivity contribution is -0.0511. The number of methoxy groups -OCH3 is 1. The van der Waals surface area contributed by atoms with E-state index in [0.717, 1.165) is 0 Å². The molecule has 0 spiro atoms. The topological polar surface area (TPSA) is 44.5 Å². The van der Waals surface area contributed by atoms with Crippen LogP contribution in [0.1, 0.15) is 0 Å². The Labute approximate surface area is 74.1 Å². The molecule has 0 aliphatic heterocycles. The normalized spacial score (nSPS) is 10.2. The Kier molecular flexibility index (Phi) is 2.89. The SMILES string of the molecule is COc1c(N)cccc1OC(F)F. The third-order valence-corrected chi connectivity index (χ3v) is 1.43. The minimum absolute atomic E-state index is 0.0579. The molecular formula is C8H9F2NO2. The van der Waals surface area contributed by atoms with Crippen LogP contribution in [-0.4, -0.2) is 13.7 Å². The molecule has 0 atom stereocenters. The van der Waals surface area contributed by atoms with Gasteiger partial charge in [-0.25, -0.2) is 0 Å². The summed E-state index contributed by atoms with van der Waals surface area (Å²) in [5, 5.41) is 0. The van der Waals surface area contributed by atoms with E-state index in [1.54, 1.807) is 0 Å². The lowest BCUT2D eigenvalue weighted by Crippen LogP contribution is -2.04. The van der Waals surface area contributed by atoms with Crippen molar-refractivity contribution in [3.8, 4) is 11.5 Å². The summed E-state index contributed by atoms with van der Waals surface area (Å²) in [5.74, 6) is 0.0697. The molecule has 0 bridgehead atoms. The second kappa shape index (κ2) is 3.93. The van der Waals surface area contributed by atoms with E-state index in [1.807, 2.05) is 0 Å². The van der Waals surface area contributed by atoms with Gasteiger partial charge in [0.25, 0.3) is 0 Å². The van der Waals surface area contributed by atoms with Crippen LogP contribution in [0.3, 0.4) is 0 Å². The minimum Gasteiger partial charge on any atom is -0.491 e. The second-order valence-electron chi connectivity index (χ2n) is 2.26. The van der Waals surface area contributed by atoms with Crippen molar-refractivity contribution in [3.63, 3.8) is 0 Å². The summed E-state index contributed by atoms with van der Waals surface area (Å²) in [6.45, 7) is -2.88. The van der Waals surface area contributed by atoms with Crippen molar-refractivity contribution in [2.45, 2.75) is 6.61 Å². The van der Waals surface area contributed by atoms with Gasteiger partial charge in [-0.2, -0.15) is 8.78 Å². The number of halogens is 2. The Morgan fingerprint density at radius 3 is 2.62 bits per heavy atom. The first-order valence-electron chi connectivity index (χ1n) is 3.52. The first-order valence-corrected chi connectivity index (χ1v) is 3.52. The number of hydrogen-bond donors (Lipinski definition) is 1. The molecule has 72 valence electrons. The summed E-state index contributed by atoms with van der Waals surface area (Å²) in [6, 6.07) is 4.41. The average molecular weight is 189 g/mol. The van der Waals surface area contributed by atoms with Crippen molar-refractivity contribution in [1.82, 2.24) is 0 Å². The number of para-hydroxylation sites is 1. The van der Waals surface area contributed by atoms with Gasteiger partial charge in [0, 0.05) is 0 Å². The van der Waals surface area contributed by atoms with Gasteiger partial charge in [-0.05, 0) is 12.1 Å². The Balaban J connectivity index is 2.98. The molecule has 0 radical (unpaired) electrons. The monoisotopic (exact) mass is 189 g/mol. The number of hydrogen-bond acceptors (Lipinski definition) is 3. The zero-order chi connectivity index (χ0) is 9.84. The zero-order valence-electron chi connectivity index (χ0n) is 6.96. The fourth-order valence-electron chi connectivity index (χ4n) is 0.940. The van der Waals surface area contributed by atoms with Crippen LogP contribution in [0.4, 0.5) is 14.5 Å². The molecule has 0 saturated heterocycles. The molecule has 5 heteroatoms. The number of alkyl halides is 2. The van der Waals surface area contributed by atoms with Crippen molar-refractivity contribution in [2.75, 3.05) is 12.8 Å². The molecule has 0 fully saturated rings. The smallest absolute Gasteiger partial charge is 0.387 e. The van der Waals surface area contributed by atoms with Gasteiger partial charge >= 0.3 is 6.61 Å². The van der Waals surface area contributed by atoms with Crippen molar-refractivity contribution in [2.24, 2.45) is 0 Å². The van der Waals surface area contributed by atoms with Crippen molar-refractivity contribution in [1.29, 1.82) is 0 Å². The van der Waals surface area contributed by atoms with Crippen LogP contribution in [0.5, 0.6) is 11.5 Å². The summed E-state index contributed by atoms with van der Waals surface area (Å²) in [5.41, 5.74) is 5.72. The molecule has 0 saturated carbocycles. The Hall–Kier alpha value is -1.52. The maximum absolute atomic E-state index is 11.8. The fourth-order valence-corrected chi connectivity index (χ4v) is 0.940. The Morgan fingerprint density at radius 1 is 1.38 bits per heavy atom. The first-order chi connectivity index (χ1) is 6.15. The van der Waals surface area contributed by atoms with E-state index in [2.05, 4.69) is 4.74 Å². The summed E-state index contributed by atoms with van der Waals surface area (Å²) in [6.07, 6.45) is 0. The summed E-state index contributed by atoms with van der Waals surface area (Å²) >= 11 is 0. The van der Waals surface area contributed by atoms with Crippen LogP contribution in [0.15, 0.2) is 18.2 Å². The molecule has 0 amide bonds. The fraction of sp³-hybridized carbons (Fsp3) is 0.250. The summed E-state index contributed by atoms with van der Waals surface area (Å²) in [4.78, 5) is 0. The predicted octanol–water partition coefficient (Wildman–Crippen LogP) is 1.88. The highest BCUT2D eigenvalue weighted by Gasteiger charge is 2.11. The van der Waals surface area contributed by atoms with Gasteiger partial charge in [0.1, 0.15) is 0 Å². The molecule has 1 aromatic rings. The van der Waals surface area contributed by atoms with Crippen LogP contribution < -0.4 is 15.2 Å². The largest absolute Gasteiger partial charge is 0.491 e. The lowest BCUT2D eigenvalue weighted by atomic mass is 10.3. The third-order valence-electron chi connectivity index (χ3n) is 1.43. The molecule has 13 heavy (non-hydrogen) atoms. The second-order valence-corrected chi connectivity index (χ2v) is 2.26. The van der Waals surface area contributed by atoms with Crippen molar-refractivity contribution in [3.05, 3.63) is 18.2 Å². The molecule has 0 aliphatic rings. The highest BCUT2D eigenvalue weighted by molar-refractivity contribution is 5.60. The minimum atomic E-state index is -2.88. The van der Waals surface area contributed by atoms with Gasteiger partial charge in [-0.15, -0.1) is 0 Å². The predicted molar refractivity (Wildman–Crippen MR) is 44.0 cm³/mol. The molecule has 0 heterocycles. The van der Waals surface area contributed by atoms with Crippen LogP contribution in [0.2, 0.25) is 0 Å². The van der Waals surface area contributed by atoms with E-state index in [0.29, 0.717) is 0 Å². The number of anilines is 1. The van der Waals surface area contributed by atoms with E-state index in [-0.39, 0.29) is 17.2 Å². The molecule has 1 rings (SSSR count). The third kappa shape index (κ3) is 2.21. The average Bonchev–Trinajstić information content (AvgIpc) is 2.03. The molecule has 0 unspecified atom stereocenters. The summed E-state index contributed by atoms with van der Waals surface area (Å²) in [7, 11) is 1.34. The Morgan fingerprint density at radius 2 is 2.08 bits per heavy atom.